The SMILES string of the molecule is CNC(=O)C1CN(C(=O)c2cnn(C)c2)CCN(S(C)(=O)=O)C1. The van der Waals surface area contributed by atoms with Crippen LogP contribution in [-0.2, 0) is 21.9 Å². The summed E-state index contributed by atoms with van der Waals surface area (Å²) < 4.78 is 26.4. The second-order valence-electron chi connectivity index (χ2n) is 5.59. The van der Waals surface area contributed by atoms with Gasteiger partial charge in [0.15, 0.2) is 0 Å². The summed E-state index contributed by atoms with van der Waals surface area (Å²) in [5.74, 6) is -1.16. The summed E-state index contributed by atoms with van der Waals surface area (Å²) in [6, 6.07) is 0. The van der Waals surface area contributed by atoms with Crippen LogP contribution in [0.5, 0.6) is 0 Å². The Morgan fingerprint density at radius 2 is 2.00 bits per heavy atom. The lowest BCUT2D eigenvalue weighted by atomic mass is 10.1. The number of nitrogens with zero attached hydrogens (tertiary/aromatic N) is 4. The van der Waals surface area contributed by atoms with Crippen molar-refractivity contribution in [2.24, 2.45) is 13.0 Å². The number of rotatable bonds is 3. The molecule has 1 aliphatic heterocycles. The number of nitrogens with one attached hydrogen (secondary N) is 1. The minimum atomic E-state index is -3.43. The third kappa shape index (κ3) is 4.08. The van der Waals surface area contributed by atoms with Gasteiger partial charge in [0.1, 0.15) is 0 Å². The standard InChI is InChI=1S/C13H21N5O4S/c1-14-12(19)11-8-17(4-5-18(9-11)23(3,21)22)13(20)10-6-15-16(2)7-10/h6-7,11H,4-5,8-9H2,1-3H3,(H,14,19). The van der Waals surface area contributed by atoms with Gasteiger partial charge in [0.25, 0.3) is 5.91 Å². The van der Waals surface area contributed by atoms with Crippen LogP contribution >= 0.6 is 0 Å². The van der Waals surface area contributed by atoms with E-state index in [9.17, 15) is 18.0 Å². The second-order valence-corrected chi connectivity index (χ2v) is 7.57. The molecule has 2 amide bonds. The van der Waals surface area contributed by atoms with Crippen molar-refractivity contribution < 1.29 is 18.0 Å². The second kappa shape index (κ2) is 6.67. The van der Waals surface area contributed by atoms with Crippen molar-refractivity contribution in [3.63, 3.8) is 0 Å². The highest BCUT2D eigenvalue weighted by atomic mass is 32.2. The zero-order chi connectivity index (χ0) is 17.2. The average molecular weight is 343 g/mol. The lowest BCUT2D eigenvalue weighted by Gasteiger charge is -2.22. The summed E-state index contributed by atoms with van der Waals surface area (Å²) in [5.41, 5.74) is 0.413. The highest BCUT2D eigenvalue weighted by Crippen LogP contribution is 2.15. The zero-order valence-corrected chi connectivity index (χ0v) is 14.2. The number of hydrogen-bond donors (Lipinski definition) is 1. The van der Waals surface area contributed by atoms with Crippen LogP contribution in [0.4, 0.5) is 0 Å². The molecule has 128 valence electrons. The van der Waals surface area contributed by atoms with Crippen LogP contribution < -0.4 is 5.32 Å². The third-order valence-electron chi connectivity index (χ3n) is 3.81. The minimum Gasteiger partial charge on any atom is -0.359 e. The van der Waals surface area contributed by atoms with Crippen molar-refractivity contribution in [1.82, 2.24) is 24.3 Å². The molecular formula is C13H21N5O4S. The van der Waals surface area contributed by atoms with Crippen LogP contribution in [0.1, 0.15) is 10.4 Å². The highest BCUT2D eigenvalue weighted by Gasteiger charge is 2.33. The van der Waals surface area contributed by atoms with E-state index in [0.29, 0.717) is 5.56 Å². The van der Waals surface area contributed by atoms with Gasteiger partial charge >= 0.3 is 0 Å². The van der Waals surface area contributed by atoms with Crippen molar-refractivity contribution in [2.75, 3.05) is 39.5 Å². The molecule has 0 bridgehead atoms. The maximum atomic E-state index is 12.6. The molecule has 23 heavy (non-hydrogen) atoms. The summed E-state index contributed by atoms with van der Waals surface area (Å²) in [6.07, 6.45) is 4.15. The minimum absolute atomic E-state index is 0.0648. The molecule has 1 N–H and O–H groups in total. The Morgan fingerprint density at radius 3 is 2.52 bits per heavy atom. The fourth-order valence-corrected chi connectivity index (χ4v) is 3.42. The fraction of sp³-hybridized carbons (Fsp3) is 0.615. The number of carbonyl (C=O) groups excluding carboxylic acids is 2. The number of hydrogen-bond acceptors (Lipinski definition) is 5. The molecule has 2 heterocycles. The summed E-state index contributed by atoms with van der Waals surface area (Å²) in [6.45, 7) is 0.626. The van der Waals surface area contributed by atoms with Crippen LogP contribution in [0.25, 0.3) is 0 Å². The number of aryl methyl sites for hydroxylation is 1. The van der Waals surface area contributed by atoms with Gasteiger partial charge in [-0.2, -0.15) is 9.40 Å². The molecule has 1 aromatic heterocycles. The number of sulfonamides is 1. The van der Waals surface area contributed by atoms with E-state index < -0.39 is 15.9 Å². The topological polar surface area (TPSA) is 105 Å². The van der Waals surface area contributed by atoms with Crippen LogP contribution in [0, 0.1) is 5.92 Å². The van der Waals surface area contributed by atoms with Gasteiger partial charge in [0.05, 0.1) is 23.9 Å². The first-order valence-electron chi connectivity index (χ1n) is 7.17. The molecule has 1 aromatic rings. The lowest BCUT2D eigenvalue weighted by Crippen LogP contribution is -2.42. The van der Waals surface area contributed by atoms with Gasteiger partial charge in [-0.3, -0.25) is 14.3 Å². The van der Waals surface area contributed by atoms with Crippen molar-refractivity contribution >= 4 is 21.8 Å². The fourth-order valence-electron chi connectivity index (χ4n) is 2.55. The van der Waals surface area contributed by atoms with Gasteiger partial charge in [-0.1, -0.05) is 0 Å². The number of aromatic nitrogens is 2. The van der Waals surface area contributed by atoms with Crippen molar-refractivity contribution in [2.45, 2.75) is 0 Å². The first-order valence-corrected chi connectivity index (χ1v) is 9.02. The van der Waals surface area contributed by atoms with E-state index in [1.165, 1.54) is 27.1 Å². The smallest absolute Gasteiger partial charge is 0.257 e. The molecule has 10 heteroatoms. The van der Waals surface area contributed by atoms with Crippen LogP contribution in [0.15, 0.2) is 12.4 Å². The monoisotopic (exact) mass is 343 g/mol. The number of amides is 2. The summed E-state index contributed by atoms with van der Waals surface area (Å²) in [4.78, 5) is 26.1. The quantitative estimate of drug-likeness (QED) is 0.719. The Hall–Kier alpha value is -1.94. The highest BCUT2D eigenvalue weighted by molar-refractivity contribution is 7.88. The third-order valence-corrected chi connectivity index (χ3v) is 5.08. The largest absolute Gasteiger partial charge is 0.359 e. The van der Waals surface area contributed by atoms with Crippen LogP contribution in [-0.4, -0.2) is 78.7 Å². The molecule has 1 atom stereocenters. The molecule has 9 nitrogen and oxygen atoms in total. The molecular weight excluding hydrogens is 322 g/mol. The summed E-state index contributed by atoms with van der Waals surface area (Å²) in [7, 11) is -0.237. The molecule has 0 spiro atoms. The van der Waals surface area contributed by atoms with Crippen molar-refractivity contribution in [3.8, 4) is 0 Å². The maximum Gasteiger partial charge on any atom is 0.257 e. The lowest BCUT2D eigenvalue weighted by molar-refractivity contribution is -0.124. The Bertz CT molecular complexity index is 699. The van der Waals surface area contributed by atoms with Gasteiger partial charge < -0.3 is 10.2 Å². The van der Waals surface area contributed by atoms with E-state index in [1.807, 2.05) is 0 Å². The molecule has 1 unspecified atom stereocenters. The van der Waals surface area contributed by atoms with E-state index >= 15 is 0 Å². The predicted octanol–water partition coefficient (Wildman–Crippen LogP) is -1.50. The molecule has 0 aromatic carbocycles. The Labute approximate surface area is 135 Å². The number of carbonyl (C=O) groups is 2. The maximum absolute atomic E-state index is 12.6. The van der Waals surface area contributed by atoms with Crippen LogP contribution in [0.2, 0.25) is 0 Å². The van der Waals surface area contributed by atoms with Gasteiger partial charge in [-0.25, -0.2) is 8.42 Å². The molecule has 0 saturated carbocycles. The van der Waals surface area contributed by atoms with E-state index in [1.54, 1.807) is 13.2 Å². The zero-order valence-electron chi connectivity index (χ0n) is 13.4. The molecule has 1 aliphatic rings. The normalized spacial score (nSPS) is 20.1. The van der Waals surface area contributed by atoms with E-state index in [0.717, 1.165) is 6.26 Å². The summed E-state index contributed by atoms with van der Waals surface area (Å²) >= 11 is 0. The molecule has 0 radical (unpaired) electrons. The van der Waals surface area contributed by atoms with E-state index in [2.05, 4.69) is 10.4 Å². The first kappa shape index (κ1) is 17.4. The first-order chi connectivity index (χ1) is 10.7. The predicted molar refractivity (Wildman–Crippen MR) is 83.1 cm³/mol. The average Bonchev–Trinajstić information content (AvgIpc) is 2.78. The Kier molecular flexibility index (Phi) is 5.05. The Balaban J connectivity index is 2.24. The summed E-state index contributed by atoms with van der Waals surface area (Å²) in [5, 5.41) is 6.49. The van der Waals surface area contributed by atoms with E-state index in [-0.39, 0.29) is 38.0 Å². The van der Waals surface area contributed by atoms with E-state index in [4.69, 9.17) is 0 Å². The van der Waals surface area contributed by atoms with Gasteiger partial charge in [-0.05, 0) is 0 Å². The van der Waals surface area contributed by atoms with Crippen LogP contribution in [0.3, 0.4) is 0 Å². The van der Waals surface area contributed by atoms with Crippen molar-refractivity contribution in [3.05, 3.63) is 18.0 Å². The van der Waals surface area contributed by atoms with Crippen molar-refractivity contribution in [1.29, 1.82) is 0 Å². The molecule has 1 fully saturated rings. The molecule has 0 aliphatic carbocycles. The van der Waals surface area contributed by atoms with Gasteiger partial charge in [0.2, 0.25) is 15.9 Å². The van der Waals surface area contributed by atoms with Gasteiger partial charge in [0, 0.05) is 46.5 Å². The molecule has 2 rings (SSSR count). The molecule has 1 saturated heterocycles. The Morgan fingerprint density at radius 1 is 1.30 bits per heavy atom. The van der Waals surface area contributed by atoms with Gasteiger partial charge in [-0.15, -0.1) is 0 Å².